The van der Waals surface area contributed by atoms with Crippen LogP contribution in [0.5, 0.6) is 5.75 Å². The fourth-order valence-corrected chi connectivity index (χ4v) is 1.86. The van der Waals surface area contributed by atoms with E-state index in [-0.39, 0.29) is 0 Å². The minimum atomic E-state index is -0.494. The molecule has 0 aromatic heterocycles. The summed E-state index contributed by atoms with van der Waals surface area (Å²) < 4.78 is 5.10. The molecule has 0 atom stereocenters. The van der Waals surface area contributed by atoms with E-state index in [1.807, 2.05) is 13.0 Å². The van der Waals surface area contributed by atoms with Crippen LogP contribution in [0.3, 0.4) is 0 Å². The molecule has 0 unspecified atom stereocenters. The van der Waals surface area contributed by atoms with Gasteiger partial charge in [0, 0.05) is 6.08 Å². The quantitative estimate of drug-likeness (QED) is 0.279. The van der Waals surface area contributed by atoms with Gasteiger partial charge in [0.05, 0.1) is 24.1 Å². The van der Waals surface area contributed by atoms with Gasteiger partial charge in [0.1, 0.15) is 5.75 Å². The first-order valence-corrected chi connectivity index (χ1v) is 7.14. The normalized spacial score (nSPS) is 10.7. The van der Waals surface area contributed by atoms with Crippen molar-refractivity contribution in [2.75, 3.05) is 0 Å². The van der Waals surface area contributed by atoms with Gasteiger partial charge in [0.25, 0.3) is 0 Å². The highest BCUT2D eigenvalue weighted by molar-refractivity contribution is 5.85. The summed E-state index contributed by atoms with van der Waals surface area (Å²) in [6.07, 6.45) is 4.32. The first-order valence-electron chi connectivity index (χ1n) is 7.14. The lowest BCUT2D eigenvalue weighted by Crippen LogP contribution is -2.04. The van der Waals surface area contributed by atoms with Gasteiger partial charge in [-0.15, -0.1) is 0 Å². The number of aryl methyl sites for hydroxylation is 1. The molecule has 5 nitrogen and oxygen atoms in total. The van der Waals surface area contributed by atoms with E-state index >= 15 is 0 Å². The molecule has 0 fully saturated rings. The molecule has 2 aromatic rings. The molecular formula is C19H15N3O2. The molecule has 24 heavy (non-hydrogen) atoms. The molecule has 0 aliphatic rings. The minimum absolute atomic E-state index is 0.484. The van der Waals surface area contributed by atoms with Crippen LogP contribution in [-0.2, 0) is 4.79 Å². The summed E-state index contributed by atoms with van der Waals surface area (Å²) >= 11 is 0. The number of carbonyl (C=O) groups excluding carboxylic acids is 1. The van der Waals surface area contributed by atoms with Gasteiger partial charge in [-0.2, -0.15) is 15.5 Å². The second-order valence-corrected chi connectivity index (χ2v) is 4.87. The van der Waals surface area contributed by atoms with Gasteiger partial charge in [0.15, 0.2) is 0 Å². The Labute approximate surface area is 140 Å². The topological polar surface area (TPSA) is 74.8 Å². The van der Waals surface area contributed by atoms with Crippen LogP contribution >= 0.6 is 0 Å². The van der Waals surface area contributed by atoms with Crippen molar-refractivity contribution in [3.63, 3.8) is 0 Å². The third-order valence-corrected chi connectivity index (χ3v) is 3.10. The lowest BCUT2D eigenvalue weighted by Gasteiger charge is -2.05. The van der Waals surface area contributed by atoms with E-state index in [4.69, 9.17) is 10.00 Å². The maximum absolute atomic E-state index is 11.2. The van der Waals surface area contributed by atoms with E-state index in [0.717, 1.165) is 22.8 Å². The Hall–Kier alpha value is -3.52. The van der Waals surface area contributed by atoms with Crippen molar-refractivity contribution in [2.45, 2.75) is 6.92 Å². The molecule has 0 spiro atoms. The standard InChI is InChI=1S/C19H15N3O2/c1-3-19(23)24-18-9-8-17(10-14(18)2)13-22-21-12-16-6-4-15(11-20)5-7-16/h3-10,12-13H,1H2,2H3/b21-12+,22-13+. The van der Waals surface area contributed by atoms with Gasteiger partial charge in [0.2, 0.25) is 0 Å². The van der Waals surface area contributed by atoms with E-state index in [1.54, 1.807) is 48.8 Å². The maximum atomic E-state index is 11.2. The number of hydrogen-bond acceptors (Lipinski definition) is 5. The number of hydrogen-bond donors (Lipinski definition) is 0. The second-order valence-electron chi connectivity index (χ2n) is 4.87. The number of carbonyl (C=O) groups is 1. The zero-order chi connectivity index (χ0) is 17.4. The number of nitriles is 1. The van der Waals surface area contributed by atoms with Gasteiger partial charge < -0.3 is 4.74 Å². The first-order chi connectivity index (χ1) is 11.6. The van der Waals surface area contributed by atoms with Crippen LogP contribution in [0.1, 0.15) is 22.3 Å². The number of ether oxygens (including phenoxy) is 1. The van der Waals surface area contributed by atoms with Crippen molar-refractivity contribution in [1.29, 1.82) is 5.26 Å². The molecule has 2 aromatic carbocycles. The van der Waals surface area contributed by atoms with Crippen LogP contribution in [0.4, 0.5) is 0 Å². The lowest BCUT2D eigenvalue weighted by atomic mass is 10.1. The largest absolute Gasteiger partial charge is 0.423 e. The summed E-state index contributed by atoms with van der Waals surface area (Å²) in [4.78, 5) is 11.2. The predicted octanol–water partition coefficient (Wildman–Crippen LogP) is 3.41. The molecular weight excluding hydrogens is 302 g/mol. The fourth-order valence-electron chi connectivity index (χ4n) is 1.86. The third-order valence-electron chi connectivity index (χ3n) is 3.10. The summed E-state index contributed by atoms with van der Waals surface area (Å²) in [7, 11) is 0. The Balaban J connectivity index is 2.02. The zero-order valence-corrected chi connectivity index (χ0v) is 13.1. The lowest BCUT2D eigenvalue weighted by molar-refractivity contribution is -0.129. The maximum Gasteiger partial charge on any atom is 0.335 e. The van der Waals surface area contributed by atoms with Crippen LogP contribution in [-0.4, -0.2) is 18.4 Å². The van der Waals surface area contributed by atoms with Crippen molar-refractivity contribution in [3.8, 4) is 11.8 Å². The van der Waals surface area contributed by atoms with Crippen molar-refractivity contribution in [2.24, 2.45) is 10.2 Å². The van der Waals surface area contributed by atoms with Crippen LogP contribution in [0, 0.1) is 18.3 Å². The highest BCUT2D eigenvalue weighted by atomic mass is 16.5. The Morgan fingerprint density at radius 3 is 2.33 bits per heavy atom. The van der Waals surface area contributed by atoms with Crippen LogP contribution in [0.25, 0.3) is 0 Å². The summed E-state index contributed by atoms with van der Waals surface area (Å²) in [5.41, 5.74) is 3.10. The van der Waals surface area contributed by atoms with Gasteiger partial charge >= 0.3 is 5.97 Å². The Bertz CT molecular complexity index is 844. The first kappa shape index (κ1) is 16.8. The van der Waals surface area contributed by atoms with Crippen LogP contribution in [0.2, 0.25) is 0 Å². The molecule has 0 bridgehead atoms. The molecule has 0 radical (unpaired) electrons. The van der Waals surface area contributed by atoms with E-state index in [2.05, 4.69) is 22.9 Å². The Morgan fingerprint density at radius 2 is 1.75 bits per heavy atom. The highest BCUT2D eigenvalue weighted by Crippen LogP contribution is 2.18. The smallest absolute Gasteiger partial charge is 0.335 e. The van der Waals surface area contributed by atoms with Crippen molar-refractivity contribution >= 4 is 18.4 Å². The Morgan fingerprint density at radius 1 is 1.12 bits per heavy atom. The third kappa shape index (κ3) is 4.75. The predicted molar refractivity (Wildman–Crippen MR) is 93.4 cm³/mol. The summed E-state index contributed by atoms with van der Waals surface area (Å²) in [6, 6.07) is 14.4. The average Bonchev–Trinajstić information content (AvgIpc) is 2.61. The van der Waals surface area contributed by atoms with E-state index in [1.165, 1.54) is 0 Å². The van der Waals surface area contributed by atoms with Gasteiger partial charge in [-0.25, -0.2) is 4.79 Å². The highest BCUT2D eigenvalue weighted by Gasteiger charge is 2.03. The van der Waals surface area contributed by atoms with Gasteiger partial charge in [-0.1, -0.05) is 18.7 Å². The molecule has 0 saturated carbocycles. The molecule has 118 valence electrons. The summed E-state index contributed by atoms with van der Waals surface area (Å²) in [5, 5.41) is 16.7. The molecule has 0 saturated heterocycles. The molecule has 0 heterocycles. The minimum Gasteiger partial charge on any atom is -0.423 e. The summed E-state index contributed by atoms with van der Waals surface area (Å²) in [6.45, 7) is 5.20. The van der Waals surface area contributed by atoms with Crippen molar-refractivity contribution in [3.05, 3.63) is 77.4 Å². The molecule has 0 aliphatic carbocycles. The number of nitrogens with zero attached hydrogens (tertiary/aromatic N) is 3. The van der Waals surface area contributed by atoms with Gasteiger partial charge in [-0.3, -0.25) is 0 Å². The molecule has 2 rings (SSSR count). The second kappa shape index (κ2) is 8.20. The molecule has 0 aliphatic heterocycles. The fraction of sp³-hybridized carbons (Fsp3) is 0.0526. The monoisotopic (exact) mass is 317 g/mol. The molecule has 0 N–H and O–H groups in total. The average molecular weight is 317 g/mol. The molecule has 0 amide bonds. The molecule has 5 heteroatoms. The van der Waals surface area contributed by atoms with Crippen LogP contribution < -0.4 is 4.74 Å². The SMILES string of the molecule is C=CC(=O)Oc1ccc(/C=N/N=C/c2ccc(C#N)cc2)cc1C. The number of esters is 1. The number of benzene rings is 2. The van der Waals surface area contributed by atoms with E-state index < -0.39 is 5.97 Å². The summed E-state index contributed by atoms with van der Waals surface area (Å²) in [5.74, 6) is -0.00957. The Kier molecular flexibility index (Phi) is 5.76. The zero-order valence-electron chi connectivity index (χ0n) is 13.1. The number of rotatable bonds is 5. The van der Waals surface area contributed by atoms with Crippen molar-refractivity contribution < 1.29 is 9.53 Å². The van der Waals surface area contributed by atoms with Crippen LogP contribution in [0.15, 0.2) is 65.3 Å². The van der Waals surface area contributed by atoms with Gasteiger partial charge in [-0.05, 0) is 53.9 Å². The van der Waals surface area contributed by atoms with E-state index in [9.17, 15) is 4.79 Å². The van der Waals surface area contributed by atoms with E-state index in [0.29, 0.717) is 11.3 Å². The van der Waals surface area contributed by atoms with Crippen molar-refractivity contribution in [1.82, 2.24) is 0 Å².